The molecule has 0 spiro atoms. The molecule has 0 saturated carbocycles. The first-order chi connectivity index (χ1) is 12.5. The number of carbonyl (C=O) groups is 1. The molecule has 1 aliphatic rings. The van der Waals surface area contributed by atoms with Crippen molar-refractivity contribution in [3.8, 4) is 0 Å². The van der Waals surface area contributed by atoms with Crippen molar-refractivity contribution >= 4 is 17.7 Å². The molecule has 140 valence electrons. The number of likely N-dealkylation sites (tertiary alicyclic amines) is 1. The summed E-state index contributed by atoms with van der Waals surface area (Å²) in [4.78, 5) is 22.8. The number of piperidine rings is 1. The maximum absolute atomic E-state index is 11.9. The third kappa shape index (κ3) is 4.71. The molecule has 26 heavy (non-hydrogen) atoms. The van der Waals surface area contributed by atoms with Gasteiger partial charge in [0.15, 0.2) is 5.82 Å². The summed E-state index contributed by atoms with van der Waals surface area (Å²) in [6.07, 6.45) is 2.91. The molecular weight excluding hydrogens is 330 g/mol. The quantitative estimate of drug-likeness (QED) is 0.764. The molecule has 0 aromatic carbocycles. The maximum atomic E-state index is 11.9. The molecule has 0 radical (unpaired) electrons. The molecule has 0 aliphatic carbocycles. The summed E-state index contributed by atoms with van der Waals surface area (Å²) in [5, 5.41) is 13.2. The van der Waals surface area contributed by atoms with Crippen LogP contribution in [-0.4, -0.2) is 50.7 Å². The average molecular weight is 357 g/mol. The highest BCUT2D eigenvalue weighted by Crippen LogP contribution is 2.22. The number of aromatic amines is 1. The number of nitrogens with one attached hydrogen (secondary N) is 3. The van der Waals surface area contributed by atoms with Crippen LogP contribution < -0.4 is 10.6 Å². The lowest BCUT2D eigenvalue weighted by atomic mass is 9.92. The Morgan fingerprint density at radius 2 is 2.00 bits per heavy atom. The Morgan fingerprint density at radius 3 is 2.65 bits per heavy atom. The van der Waals surface area contributed by atoms with E-state index >= 15 is 0 Å². The minimum Gasteiger partial charge on any atom is -0.338 e. The van der Waals surface area contributed by atoms with Crippen molar-refractivity contribution in [2.75, 3.05) is 25.0 Å². The second kappa shape index (κ2) is 8.16. The largest absolute Gasteiger partial charge is 0.338 e. The number of urea groups is 1. The summed E-state index contributed by atoms with van der Waals surface area (Å²) in [5.74, 6) is 2.80. The topological polar surface area (TPSA) is 98.8 Å². The van der Waals surface area contributed by atoms with E-state index in [1.165, 1.54) is 0 Å². The van der Waals surface area contributed by atoms with Gasteiger partial charge >= 0.3 is 6.03 Å². The zero-order chi connectivity index (χ0) is 18.5. The van der Waals surface area contributed by atoms with E-state index in [9.17, 15) is 4.79 Å². The Hall–Kier alpha value is -2.64. The molecule has 8 nitrogen and oxygen atoms in total. The normalized spacial score (nSPS) is 15.1. The van der Waals surface area contributed by atoms with Crippen LogP contribution in [0.3, 0.4) is 0 Å². The standard InChI is InChI=1S/C18H27N7O/c1-4-19-18(26)25-7-5-14(6-8-25)10-15-11-16(21-13(3)20-15)22-17-9-12(2)23-24-17/h9,11,14H,4-8,10H2,1-3H3,(H,19,26)(H2,20,21,22,23,24). The molecule has 3 heterocycles. The molecule has 0 atom stereocenters. The number of nitrogens with zero attached hydrogens (tertiary/aromatic N) is 4. The van der Waals surface area contributed by atoms with Gasteiger partial charge in [-0.15, -0.1) is 0 Å². The lowest BCUT2D eigenvalue weighted by Crippen LogP contribution is -2.44. The van der Waals surface area contributed by atoms with Gasteiger partial charge in [-0.2, -0.15) is 5.10 Å². The van der Waals surface area contributed by atoms with Crippen LogP contribution in [0.15, 0.2) is 12.1 Å². The minimum absolute atomic E-state index is 0.0459. The monoisotopic (exact) mass is 357 g/mol. The number of H-pyrrole nitrogens is 1. The van der Waals surface area contributed by atoms with E-state index < -0.39 is 0 Å². The van der Waals surface area contributed by atoms with Gasteiger partial charge < -0.3 is 15.5 Å². The van der Waals surface area contributed by atoms with Gasteiger partial charge in [0.1, 0.15) is 11.6 Å². The molecule has 1 saturated heterocycles. The zero-order valence-electron chi connectivity index (χ0n) is 15.7. The summed E-state index contributed by atoms with van der Waals surface area (Å²) in [6.45, 7) is 8.09. The highest BCUT2D eigenvalue weighted by atomic mass is 16.2. The Morgan fingerprint density at radius 1 is 1.23 bits per heavy atom. The number of hydrogen-bond donors (Lipinski definition) is 3. The number of aryl methyl sites for hydroxylation is 2. The van der Waals surface area contributed by atoms with Crippen molar-refractivity contribution in [2.24, 2.45) is 5.92 Å². The van der Waals surface area contributed by atoms with Crippen molar-refractivity contribution in [1.29, 1.82) is 0 Å². The van der Waals surface area contributed by atoms with Crippen LogP contribution in [0.25, 0.3) is 0 Å². The Kier molecular flexibility index (Phi) is 5.70. The summed E-state index contributed by atoms with van der Waals surface area (Å²) in [6, 6.07) is 3.98. The lowest BCUT2D eigenvalue weighted by Gasteiger charge is -2.31. The minimum atomic E-state index is 0.0459. The number of hydrogen-bond acceptors (Lipinski definition) is 5. The molecule has 2 aromatic heterocycles. The van der Waals surface area contributed by atoms with Crippen molar-refractivity contribution in [2.45, 2.75) is 40.0 Å². The van der Waals surface area contributed by atoms with Gasteiger partial charge in [0, 0.05) is 43.2 Å². The van der Waals surface area contributed by atoms with Gasteiger partial charge in [0.25, 0.3) is 0 Å². The van der Waals surface area contributed by atoms with E-state index in [0.29, 0.717) is 12.5 Å². The zero-order valence-corrected chi connectivity index (χ0v) is 15.7. The van der Waals surface area contributed by atoms with Crippen molar-refractivity contribution in [3.05, 3.63) is 29.3 Å². The molecule has 8 heteroatoms. The van der Waals surface area contributed by atoms with Crippen molar-refractivity contribution < 1.29 is 4.79 Å². The highest BCUT2D eigenvalue weighted by Gasteiger charge is 2.23. The van der Waals surface area contributed by atoms with E-state index in [4.69, 9.17) is 0 Å². The molecular formula is C18H27N7O. The van der Waals surface area contributed by atoms with Crippen LogP contribution in [0.1, 0.15) is 37.0 Å². The van der Waals surface area contributed by atoms with Crippen molar-refractivity contribution in [3.63, 3.8) is 0 Å². The fraction of sp³-hybridized carbons (Fsp3) is 0.556. The fourth-order valence-corrected chi connectivity index (χ4v) is 3.31. The van der Waals surface area contributed by atoms with Gasteiger partial charge in [-0.25, -0.2) is 14.8 Å². The van der Waals surface area contributed by atoms with Gasteiger partial charge in [-0.05, 0) is 46.0 Å². The van der Waals surface area contributed by atoms with Crippen LogP contribution >= 0.6 is 0 Å². The first-order valence-corrected chi connectivity index (χ1v) is 9.20. The first kappa shape index (κ1) is 18.2. The van der Waals surface area contributed by atoms with Crippen LogP contribution in [0.2, 0.25) is 0 Å². The van der Waals surface area contributed by atoms with Crippen LogP contribution in [-0.2, 0) is 6.42 Å². The maximum Gasteiger partial charge on any atom is 0.317 e. The molecule has 2 amide bonds. The van der Waals surface area contributed by atoms with E-state index in [2.05, 4.69) is 30.8 Å². The van der Waals surface area contributed by atoms with Gasteiger partial charge in [0.05, 0.1) is 0 Å². The first-order valence-electron chi connectivity index (χ1n) is 9.20. The molecule has 1 aliphatic heterocycles. The van der Waals surface area contributed by atoms with Crippen LogP contribution in [0.5, 0.6) is 0 Å². The predicted molar refractivity (Wildman–Crippen MR) is 100 cm³/mol. The second-order valence-corrected chi connectivity index (χ2v) is 6.82. The van der Waals surface area contributed by atoms with Crippen LogP contribution in [0, 0.1) is 19.8 Å². The number of anilines is 2. The summed E-state index contributed by atoms with van der Waals surface area (Å²) < 4.78 is 0. The predicted octanol–water partition coefficient (Wildman–Crippen LogP) is 2.54. The molecule has 0 bridgehead atoms. The Bertz CT molecular complexity index is 750. The van der Waals surface area contributed by atoms with Gasteiger partial charge in [-0.1, -0.05) is 0 Å². The smallest absolute Gasteiger partial charge is 0.317 e. The van der Waals surface area contributed by atoms with E-state index in [1.54, 1.807) is 0 Å². The number of amides is 2. The number of rotatable bonds is 5. The molecule has 2 aromatic rings. The highest BCUT2D eigenvalue weighted by molar-refractivity contribution is 5.74. The summed E-state index contributed by atoms with van der Waals surface area (Å²) in [7, 11) is 0. The molecule has 1 fully saturated rings. The molecule has 3 N–H and O–H groups in total. The van der Waals surface area contributed by atoms with E-state index in [-0.39, 0.29) is 6.03 Å². The number of carbonyl (C=O) groups excluding carboxylic acids is 1. The second-order valence-electron chi connectivity index (χ2n) is 6.82. The fourth-order valence-electron chi connectivity index (χ4n) is 3.31. The van der Waals surface area contributed by atoms with Crippen molar-refractivity contribution in [1.82, 2.24) is 30.4 Å². The molecule has 0 unspecified atom stereocenters. The number of aromatic nitrogens is 4. The van der Waals surface area contributed by atoms with E-state index in [1.807, 2.05) is 37.8 Å². The van der Waals surface area contributed by atoms with Gasteiger partial charge in [0.2, 0.25) is 0 Å². The third-order valence-corrected chi connectivity index (χ3v) is 4.58. The average Bonchev–Trinajstić information content (AvgIpc) is 3.00. The Balaban J connectivity index is 1.59. The lowest BCUT2D eigenvalue weighted by molar-refractivity contribution is 0.170. The third-order valence-electron chi connectivity index (χ3n) is 4.58. The van der Waals surface area contributed by atoms with E-state index in [0.717, 1.165) is 61.2 Å². The SMILES string of the molecule is CCNC(=O)N1CCC(Cc2cc(Nc3cc(C)[nH]n3)nc(C)n2)CC1. The molecule has 3 rings (SSSR count). The van der Waals surface area contributed by atoms with Crippen LogP contribution in [0.4, 0.5) is 16.4 Å². The van der Waals surface area contributed by atoms with Gasteiger partial charge in [-0.3, -0.25) is 5.10 Å². The Labute approximate surface area is 153 Å². The summed E-state index contributed by atoms with van der Waals surface area (Å²) >= 11 is 0. The summed E-state index contributed by atoms with van der Waals surface area (Å²) in [5.41, 5.74) is 2.03.